The number of hydrogen-bond acceptors (Lipinski definition) is 4. The van der Waals surface area contributed by atoms with Gasteiger partial charge in [-0.25, -0.2) is 0 Å². The second-order valence-corrected chi connectivity index (χ2v) is 4.58. The highest BCUT2D eigenvalue weighted by Crippen LogP contribution is 2.37. The highest BCUT2D eigenvalue weighted by Gasteiger charge is 2.32. The lowest BCUT2D eigenvalue weighted by atomic mass is 9.83. The van der Waals surface area contributed by atoms with Gasteiger partial charge in [-0.1, -0.05) is 24.3 Å². The minimum Gasteiger partial charge on any atom is -0.506 e. The van der Waals surface area contributed by atoms with E-state index in [1.165, 1.54) is 12.1 Å². The summed E-state index contributed by atoms with van der Waals surface area (Å²) < 4.78 is 2.59. The largest absolute Gasteiger partial charge is 0.506 e. The third kappa shape index (κ3) is 1.58. The Balaban J connectivity index is 2.36. The van der Waals surface area contributed by atoms with E-state index in [9.17, 15) is 14.7 Å². The summed E-state index contributed by atoms with van der Waals surface area (Å²) in [6.07, 6.45) is 0. The van der Waals surface area contributed by atoms with Crippen molar-refractivity contribution in [2.45, 2.75) is 0 Å². The first-order valence-electron chi connectivity index (χ1n) is 5.56. The first-order valence-corrected chi connectivity index (χ1v) is 6.35. The maximum atomic E-state index is 12.5. The van der Waals surface area contributed by atoms with Gasteiger partial charge in [0.1, 0.15) is 5.75 Å². The first kappa shape index (κ1) is 11.9. The zero-order valence-corrected chi connectivity index (χ0v) is 11.2. The number of halogens is 1. The Labute approximate surface area is 117 Å². The van der Waals surface area contributed by atoms with Gasteiger partial charge in [0.2, 0.25) is 0 Å². The normalized spacial score (nSPS) is 12.9. The molecule has 0 atom stereocenters. The summed E-state index contributed by atoms with van der Waals surface area (Å²) >= 11 is 3.00. The van der Waals surface area contributed by atoms with Crippen LogP contribution in [0.2, 0.25) is 0 Å². The summed E-state index contributed by atoms with van der Waals surface area (Å²) in [5.41, 5.74) is 1.45. The van der Waals surface area contributed by atoms with Crippen molar-refractivity contribution in [3.8, 4) is 5.75 Å². The van der Waals surface area contributed by atoms with Crippen molar-refractivity contribution >= 4 is 33.4 Å². The van der Waals surface area contributed by atoms with Crippen LogP contribution in [0.15, 0.2) is 36.4 Å². The van der Waals surface area contributed by atoms with Crippen molar-refractivity contribution in [2.24, 2.45) is 0 Å². The molecule has 0 bridgehead atoms. The Morgan fingerprint density at radius 3 is 2.16 bits per heavy atom. The van der Waals surface area contributed by atoms with Crippen LogP contribution in [0.3, 0.4) is 0 Å². The third-order valence-corrected chi connectivity index (χ3v) is 3.56. The number of aromatic hydroxyl groups is 1. The molecule has 0 aromatic heterocycles. The molecule has 0 radical (unpaired) electrons. The van der Waals surface area contributed by atoms with E-state index >= 15 is 0 Å². The Kier molecular flexibility index (Phi) is 2.64. The number of benzene rings is 2. The highest BCUT2D eigenvalue weighted by molar-refractivity contribution is 9.10. The first-order chi connectivity index (χ1) is 9.15. The average molecular weight is 318 g/mol. The Morgan fingerprint density at radius 1 is 0.895 bits per heavy atom. The van der Waals surface area contributed by atoms with E-state index in [1.807, 2.05) is 0 Å². The van der Waals surface area contributed by atoms with Crippen molar-refractivity contribution in [3.05, 3.63) is 58.7 Å². The van der Waals surface area contributed by atoms with E-state index in [0.717, 1.165) is 0 Å². The molecule has 2 aromatic rings. The molecular weight excluding hydrogens is 310 g/mol. The van der Waals surface area contributed by atoms with Crippen LogP contribution in [0.25, 0.3) is 0 Å². The van der Waals surface area contributed by atoms with Crippen molar-refractivity contribution in [2.75, 3.05) is 4.34 Å². The van der Waals surface area contributed by atoms with E-state index in [1.54, 1.807) is 24.3 Å². The van der Waals surface area contributed by atoms with Gasteiger partial charge in [0, 0.05) is 32.8 Å². The smallest absolute Gasteiger partial charge is 0.196 e. The number of anilines is 1. The van der Waals surface area contributed by atoms with Crippen LogP contribution in [-0.4, -0.2) is 16.7 Å². The van der Waals surface area contributed by atoms with E-state index in [2.05, 4.69) is 20.5 Å². The van der Waals surface area contributed by atoms with Gasteiger partial charge in [-0.3, -0.25) is 9.59 Å². The van der Waals surface area contributed by atoms with E-state index < -0.39 is 0 Å². The SMILES string of the molecule is O=C1c2ccccc2C(=O)c2c1ccc(O)c2NBr. The number of rotatable bonds is 1. The minimum atomic E-state index is -0.275. The zero-order chi connectivity index (χ0) is 13.6. The summed E-state index contributed by atoms with van der Waals surface area (Å²) in [6.45, 7) is 0. The predicted octanol–water partition coefficient (Wildman–Crippen LogP) is 2.89. The lowest BCUT2D eigenvalue weighted by molar-refractivity contribution is 0.0979. The molecule has 0 unspecified atom stereocenters. The molecule has 2 N–H and O–H groups in total. The van der Waals surface area contributed by atoms with Gasteiger partial charge in [0.25, 0.3) is 0 Å². The number of phenolic OH excluding ortho intramolecular Hbond substituents is 1. The molecule has 1 aliphatic carbocycles. The Bertz CT molecular complexity index is 725. The maximum Gasteiger partial charge on any atom is 0.196 e. The monoisotopic (exact) mass is 317 g/mol. The van der Waals surface area contributed by atoms with Gasteiger partial charge < -0.3 is 9.45 Å². The lowest BCUT2D eigenvalue weighted by Gasteiger charge is -2.20. The molecule has 2 aromatic carbocycles. The molecule has 0 amide bonds. The molecule has 0 saturated heterocycles. The van der Waals surface area contributed by atoms with Crippen LogP contribution in [0.5, 0.6) is 5.75 Å². The maximum absolute atomic E-state index is 12.5. The highest BCUT2D eigenvalue weighted by atomic mass is 79.9. The molecule has 1 aliphatic rings. The number of carbonyl (C=O) groups excluding carboxylic acids is 2. The summed E-state index contributed by atoms with van der Waals surface area (Å²) in [5, 5.41) is 9.76. The van der Waals surface area contributed by atoms with Crippen LogP contribution in [0.1, 0.15) is 31.8 Å². The van der Waals surface area contributed by atoms with Crippen LogP contribution in [-0.2, 0) is 0 Å². The van der Waals surface area contributed by atoms with Crippen molar-refractivity contribution in [1.29, 1.82) is 0 Å². The van der Waals surface area contributed by atoms with E-state index in [0.29, 0.717) is 16.7 Å². The van der Waals surface area contributed by atoms with Crippen LogP contribution in [0.4, 0.5) is 5.69 Å². The molecule has 0 saturated carbocycles. The molecular formula is C14H8BrNO3. The fraction of sp³-hybridized carbons (Fsp3) is 0. The van der Waals surface area contributed by atoms with Crippen molar-refractivity contribution in [3.63, 3.8) is 0 Å². The molecule has 0 aliphatic heterocycles. The fourth-order valence-corrected chi connectivity index (χ4v) is 2.67. The molecule has 19 heavy (non-hydrogen) atoms. The van der Waals surface area contributed by atoms with Crippen LogP contribution < -0.4 is 4.34 Å². The van der Waals surface area contributed by atoms with Gasteiger partial charge in [0.05, 0.1) is 11.3 Å². The molecule has 0 spiro atoms. The van der Waals surface area contributed by atoms with E-state index in [-0.39, 0.29) is 28.6 Å². The molecule has 0 heterocycles. The standard InChI is InChI=1S/C14H8BrNO3/c15-16-12-10(17)6-5-9-11(12)14(19)8-4-2-1-3-7(8)13(9)18/h1-6,16-17H. The van der Waals surface area contributed by atoms with Gasteiger partial charge in [0.15, 0.2) is 11.6 Å². The Morgan fingerprint density at radius 2 is 1.53 bits per heavy atom. The van der Waals surface area contributed by atoms with Crippen molar-refractivity contribution in [1.82, 2.24) is 0 Å². The number of hydrogen-bond donors (Lipinski definition) is 2. The van der Waals surface area contributed by atoms with E-state index in [4.69, 9.17) is 0 Å². The minimum absolute atomic E-state index is 0.0869. The molecule has 4 nitrogen and oxygen atoms in total. The number of nitrogens with one attached hydrogen (secondary N) is 1. The van der Waals surface area contributed by atoms with Crippen LogP contribution in [0, 0.1) is 0 Å². The topological polar surface area (TPSA) is 66.4 Å². The summed E-state index contributed by atoms with van der Waals surface area (Å²) in [4.78, 5) is 24.8. The molecule has 94 valence electrons. The number of phenols is 1. The predicted molar refractivity (Wildman–Crippen MR) is 74.0 cm³/mol. The van der Waals surface area contributed by atoms with Gasteiger partial charge in [-0.05, 0) is 12.1 Å². The summed E-state index contributed by atoms with van der Waals surface area (Å²) in [7, 11) is 0. The van der Waals surface area contributed by atoms with Crippen molar-refractivity contribution < 1.29 is 14.7 Å². The Hall–Kier alpha value is -2.14. The van der Waals surface area contributed by atoms with Gasteiger partial charge in [-0.2, -0.15) is 0 Å². The summed E-state index contributed by atoms with van der Waals surface area (Å²) in [5.74, 6) is -0.576. The quantitative estimate of drug-likeness (QED) is 0.535. The molecule has 0 fully saturated rings. The van der Waals surface area contributed by atoms with Gasteiger partial charge in [-0.15, -0.1) is 0 Å². The number of carbonyl (C=O) groups is 2. The second-order valence-electron chi connectivity index (χ2n) is 4.18. The fourth-order valence-electron chi connectivity index (χ4n) is 2.27. The number of ketones is 2. The third-order valence-electron chi connectivity index (χ3n) is 3.17. The molecule has 5 heteroatoms. The van der Waals surface area contributed by atoms with Crippen LogP contribution >= 0.6 is 16.1 Å². The lowest BCUT2D eigenvalue weighted by Crippen LogP contribution is -2.21. The number of fused-ring (bicyclic) bond motifs is 2. The van der Waals surface area contributed by atoms with Gasteiger partial charge >= 0.3 is 0 Å². The molecule has 3 rings (SSSR count). The zero-order valence-electron chi connectivity index (χ0n) is 9.61. The average Bonchev–Trinajstić information content (AvgIpc) is 2.44. The summed E-state index contributed by atoms with van der Waals surface area (Å²) in [6, 6.07) is 9.53. The second kappa shape index (κ2) is 4.20.